The first-order valence-electron chi connectivity index (χ1n) is 9.32. The van der Waals surface area contributed by atoms with E-state index in [0.29, 0.717) is 15.6 Å². The average molecular weight is 544 g/mol. The number of aromatic hydroxyl groups is 1. The number of hydrogen-bond acceptors (Lipinski definition) is 5. The Labute approximate surface area is 213 Å². The normalized spacial score (nSPS) is 10.5. The Kier molecular flexibility index (Phi) is 8.11. The topological polar surface area (TPSA) is 125 Å². The van der Waals surface area contributed by atoms with Crippen molar-refractivity contribution in [2.45, 2.75) is 6.54 Å². The third-order valence-electron chi connectivity index (χ3n) is 4.35. The smallest absolute Gasteiger partial charge is 0.394 e. The van der Waals surface area contributed by atoms with Gasteiger partial charge in [0.05, 0.1) is 25.7 Å². The van der Waals surface area contributed by atoms with Crippen LogP contribution in [0, 0.1) is 0 Å². The number of ether oxygens (including phenoxy) is 1. The van der Waals surface area contributed by atoms with E-state index < -0.39 is 17.8 Å². The molecule has 0 aliphatic rings. The number of carboxylic acid groups (broad SMARTS) is 1. The van der Waals surface area contributed by atoms with Gasteiger partial charge in [0.1, 0.15) is 11.5 Å². The summed E-state index contributed by atoms with van der Waals surface area (Å²) < 4.78 is 5.67. The van der Waals surface area contributed by atoms with E-state index in [0.717, 1.165) is 0 Å². The van der Waals surface area contributed by atoms with Crippen LogP contribution in [0.5, 0.6) is 17.2 Å². The van der Waals surface area contributed by atoms with Crippen LogP contribution in [0.25, 0.3) is 0 Å². The monoisotopic (exact) mass is 542 g/mol. The summed E-state index contributed by atoms with van der Waals surface area (Å²) in [4.78, 5) is 34.6. The maximum atomic E-state index is 12.6. The molecule has 0 unspecified atom stereocenters. The lowest BCUT2D eigenvalue weighted by Crippen LogP contribution is -2.23. The molecule has 2 amide bonds. The van der Waals surface area contributed by atoms with Gasteiger partial charge in [-0.15, -0.1) is 0 Å². The maximum Gasteiger partial charge on any atom is 0.394 e. The summed E-state index contributed by atoms with van der Waals surface area (Å²) in [5.74, 6) is -3.75. The number of nitrogens with one attached hydrogen (secondary N) is 2. The lowest BCUT2D eigenvalue weighted by molar-refractivity contribution is -0.147. The Bertz CT molecular complexity index is 1280. The average Bonchev–Trinajstić information content (AvgIpc) is 2.78. The number of hydrogen-bond donors (Lipinski definition) is 4. The van der Waals surface area contributed by atoms with E-state index in [-0.39, 0.29) is 45.1 Å². The fourth-order valence-electron chi connectivity index (χ4n) is 2.75. The molecular weight excluding hydrogens is 530 g/mol. The highest BCUT2D eigenvalue weighted by molar-refractivity contribution is 6.42. The molecule has 8 nitrogen and oxygen atoms in total. The Morgan fingerprint density at radius 1 is 0.912 bits per heavy atom. The zero-order chi connectivity index (χ0) is 25.0. The molecule has 3 aromatic carbocycles. The van der Waals surface area contributed by atoms with Crippen molar-refractivity contribution < 1.29 is 29.3 Å². The summed E-state index contributed by atoms with van der Waals surface area (Å²) in [6, 6.07) is 11.4. The predicted octanol–water partition coefficient (Wildman–Crippen LogP) is 5.75. The number of benzene rings is 3. The maximum absolute atomic E-state index is 12.6. The molecule has 0 heterocycles. The molecule has 34 heavy (non-hydrogen) atoms. The Hall–Kier alpha value is -3.17. The van der Waals surface area contributed by atoms with Crippen molar-refractivity contribution in [1.82, 2.24) is 5.32 Å². The van der Waals surface area contributed by atoms with Crippen LogP contribution >= 0.6 is 46.4 Å². The van der Waals surface area contributed by atoms with E-state index >= 15 is 0 Å². The molecule has 0 radical (unpaired) electrons. The lowest BCUT2D eigenvalue weighted by Gasteiger charge is -2.13. The third-order valence-corrected chi connectivity index (χ3v) is 5.77. The molecule has 0 saturated carbocycles. The molecule has 0 aliphatic heterocycles. The van der Waals surface area contributed by atoms with Crippen molar-refractivity contribution >= 4 is 69.9 Å². The molecule has 3 aromatic rings. The van der Waals surface area contributed by atoms with Gasteiger partial charge >= 0.3 is 11.9 Å². The van der Waals surface area contributed by atoms with Gasteiger partial charge in [-0.2, -0.15) is 0 Å². The van der Waals surface area contributed by atoms with Crippen molar-refractivity contribution in [3.8, 4) is 17.2 Å². The number of halogens is 4. The molecule has 0 fully saturated rings. The summed E-state index contributed by atoms with van der Waals surface area (Å²) in [5.41, 5.74) is 0.538. The third kappa shape index (κ3) is 6.03. The molecular formula is C22H14Cl4N2O6. The first kappa shape index (κ1) is 25.5. The second kappa shape index (κ2) is 10.8. The van der Waals surface area contributed by atoms with E-state index in [2.05, 4.69) is 10.6 Å². The van der Waals surface area contributed by atoms with E-state index in [4.69, 9.17) is 56.2 Å². The van der Waals surface area contributed by atoms with Gasteiger partial charge < -0.3 is 25.6 Å². The standard InChI is InChI=1S/C22H14Cl4N2O6/c23-14-3-1-2-10(18(14)26)9-27-20(30)13-8-12(4-5-17(13)29)34-19-15(24)6-11(7-16(19)25)28-21(31)22(32)33/h1-8,29H,9H2,(H,27,30)(H,28,31)(H,32,33). The molecule has 176 valence electrons. The van der Waals surface area contributed by atoms with E-state index in [9.17, 15) is 19.5 Å². The van der Waals surface area contributed by atoms with Crippen molar-refractivity contribution in [3.05, 3.63) is 79.7 Å². The SMILES string of the molecule is O=C(O)C(=O)Nc1cc(Cl)c(Oc2ccc(O)c(C(=O)NCc3cccc(Cl)c3Cl)c2)c(Cl)c1. The molecule has 0 spiro atoms. The first-order valence-corrected chi connectivity index (χ1v) is 10.8. The molecule has 0 saturated heterocycles. The second-order valence-electron chi connectivity index (χ2n) is 6.70. The Morgan fingerprint density at radius 2 is 1.59 bits per heavy atom. The number of carbonyl (C=O) groups excluding carboxylic acids is 2. The van der Waals surface area contributed by atoms with Crippen molar-refractivity contribution in [2.24, 2.45) is 0 Å². The summed E-state index contributed by atoms with van der Waals surface area (Å²) >= 11 is 24.4. The van der Waals surface area contributed by atoms with Gasteiger partial charge in [-0.1, -0.05) is 58.5 Å². The fraction of sp³-hybridized carbons (Fsp3) is 0.0455. The van der Waals surface area contributed by atoms with Gasteiger partial charge in [-0.3, -0.25) is 9.59 Å². The Balaban J connectivity index is 1.78. The number of phenols is 1. The van der Waals surface area contributed by atoms with Crippen LogP contribution in [0.1, 0.15) is 15.9 Å². The fourth-order valence-corrected chi connectivity index (χ4v) is 3.70. The summed E-state index contributed by atoms with van der Waals surface area (Å²) in [7, 11) is 0. The van der Waals surface area contributed by atoms with Crippen LogP contribution < -0.4 is 15.4 Å². The molecule has 0 bridgehead atoms. The number of carboxylic acids is 1. The number of rotatable bonds is 6. The van der Waals surface area contributed by atoms with E-state index in [1.54, 1.807) is 18.2 Å². The second-order valence-corrected chi connectivity index (χ2v) is 8.30. The van der Waals surface area contributed by atoms with E-state index in [1.165, 1.54) is 30.3 Å². The van der Waals surface area contributed by atoms with Crippen molar-refractivity contribution in [2.75, 3.05) is 5.32 Å². The largest absolute Gasteiger partial charge is 0.507 e. The minimum atomic E-state index is -1.68. The summed E-state index contributed by atoms with van der Waals surface area (Å²) in [5, 5.41) is 24.1. The van der Waals surface area contributed by atoms with Crippen LogP contribution in [0.4, 0.5) is 5.69 Å². The van der Waals surface area contributed by atoms with Gasteiger partial charge in [0.25, 0.3) is 5.91 Å². The van der Waals surface area contributed by atoms with Crippen LogP contribution in [0.3, 0.4) is 0 Å². The highest BCUT2D eigenvalue weighted by Crippen LogP contribution is 2.39. The Morgan fingerprint density at radius 3 is 2.24 bits per heavy atom. The van der Waals surface area contributed by atoms with Crippen LogP contribution in [0.15, 0.2) is 48.5 Å². The molecule has 0 aliphatic carbocycles. The zero-order valence-corrected chi connectivity index (χ0v) is 19.9. The van der Waals surface area contributed by atoms with Crippen molar-refractivity contribution in [3.63, 3.8) is 0 Å². The summed E-state index contributed by atoms with van der Waals surface area (Å²) in [6.45, 7) is 0.0595. The molecule has 0 aromatic heterocycles. The molecule has 3 rings (SSSR count). The van der Waals surface area contributed by atoms with E-state index in [1.807, 2.05) is 0 Å². The number of carbonyl (C=O) groups is 3. The van der Waals surface area contributed by atoms with Gasteiger partial charge in [0, 0.05) is 12.2 Å². The molecule has 12 heteroatoms. The van der Waals surface area contributed by atoms with Gasteiger partial charge in [0.15, 0.2) is 5.75 Å². The number of anilines is 1. The summed E-state index contributed by atoms with van der Waals surface area (Å²) in [6.07, 6.45) is 0. The number of phenolic OH excluding ortho intramolecular Hbond substituents is 1. The molecule has 0 atom stereocenters. The van der Waals surface area contributed by atoms with Crippen molar-refractivity contribution in [1.29, 1.82) is 0 Å². The van der Waals surface area contributed by atoms with Crippen LogP contribution in [0.2, 0.25) is 20.1 Å². The van der Waals surface area contributed by atoms with Crippen LogP contribution in [-0.2, 0) is 16.1 Å². The first-order chi connectivity index (χ1) is 16.1. The number of amides is 2. The quantitative estimate of drug-likeness (QED) is 0.293. The predicted molar refractivity (Wildman–Crippen MR) is 129 cm³/mol. The van der Waals surface area contributed by atoms with Gasteiger partial charge in [0.2, 0.25) is 0 Å². The van der Waals surface area contributed by atoms with Gasteiger partial charge in [-0.25, -0.2) is 4.79 Å². The van der Waals surface area contributed by atoms with Crippen LogP contribution in [-0.4, -0.2) is 28.0 Å². The highest BCUT2D eigenvalue weighted by Gasteiger charge is 2.18. The zero-order valence-electron chi connectivity index (χ0n) is 16.9. The molecule has 4 N–H and O–H groups in total. The highest BCUT2D eigenvalue weighted by atomic mass is 35.5. The minimum absolute atomic E-state index is 0.0144. The lowest BCUT2D eigenvalue weighted by atomic mass is 10.1. The number of aliphatic carboxylic acids is 1. The van der Waals surface area contributed by atoms with Gasteiger partial charge in [-0.05, 0) is 42.0 Å². The minimum Gasteiger partial charge on any atom is -0.507 e.